The summed E-state index contributed by atoms with van der Waals surface area (Å²) in [5, 5.41) is 2.96. The number of carbonyl (C=O) groups excluding carboxylic acids is 1. The molecule has 14 heavy (non-hydrogen) atoms. The molecule has 0 saturated carbocycles. The van der Waals surface area contributed by atoms with Gasteiger partial charge in [-0.2, -0.15) is 0 Å². The number of nitrogens with one attached hydrogen (secondary N) is 1. The van der Waals surface area contributed by atoms with Crippen LogP contribution in [0.1, 0.15) is 15.9 Å². The standard InChI is InChI=1S/C10H13NO2S/c1-6-8(10(12)13-3)4-7(11-2)5-9(6)14/h4-5,11,14H,1-3H3. The SMILES string of the molecule is CNc1cc(S)c(C)c(C(=O)OC)c1. The highest BCUT2D eigenvalue weighted by Gasteiger charge is 2.12. The fraction of sp³-hybridized carbons (Fsp3) is 0.300. The maximum Gasteiger partial charge on any atom is 0.338 e. The molecule has 76 valence electrons. The number of thiol groups is 1. The van der Waals surface area contributed by atoms with Crippen LogP contribution in [0, 0.1) is 6.92 Å². The maximum absolute atomic E-state index is 11.4. The Morgan fingerprint density at radius 1 is 1.50 bits per heavy atom. The molecule has 0 aromatic heterocycles. The third kappa shape index (κ3) is 2.01. The zero-order chi connectivity index (χ0) is 10.7. The molecule has 0 aliphatic heterocycles. The highest BCUT2D eigenvalue weighted by molar-refractivity contribution is 7.80. The van der Waals surface area contributed by atoms with Gasteiger partial charge in [0.05, 0.1) is 12.7 Å². The molecule has 0 heterocycles. The smallest absolute Gasteiger partial charge is 0.338 e. The maximum atomic E-state index is 11.4. The first kappa shape index (κ1) is 10.9. The monoisotopic (exact) mass is 211 g/mol. The van der Waals surface area contributed by atoms with E-state index in [1.165, 1.54) is 7.11 Å². The van der Waals surface area contributed by atoms with Gasteiger partial charge in [-0.05, 0) is 24.6 Å². The fourth-order valence-corrected chi connectivity index (χ4v) is 1.42. The molecule has 0 bridgehead atoms. The molecule has 0 saturated heterocycles. The average Bonchev–Trinajstić information content (AvgIpc) is 2.20. The molecule has 0 spiro atoms. The summed E-state index contributed by atoms with van der Waals surface area (Å²) in [7, 11) is 3.16. The first-order valence-electron chi connectivity index (χ1n) is 4.19. The van der Waals surface area contributed by atoms with E-state index in [1.807, 2.05) is 13.0 Å². The molecule has 0 fully saturated rings. The number of carbonyl (C=O) groups is 1. The Balaban J connectivity index is 3.27. The van der Waals surface area contributed by atoms with E-state index in [0.717, 1.165) is 16.1 Å². The Hall–Kier alpha value is -1.16. The molecule has 0 unspecified atom stereocenters. The van der Waals surface area contributed by atoms with Crippen molar-refractivity contribution in [3.8, 4) is 0 Å². The van der Waals surface area contributed by atoms with Gasteiger partial charge in [0, 0.05) is 17.6 Å². The zero-order valence-corrected chi connectivity index (χ0v) is 9.31. The first-order valence-corrected chi connectivity index (χ1v) is 4.64. The largest absolute Gasteiger partial charge is 0.465 e. The highest BCUT2D eigenvalue weighted by Crippen LogP contribution is 2.23. The first-order chi connectivity index (χ1) is 6.60. The van der Waals surface area contributed by atoms with E-state index in [2.05, 4.69) is 22.7 Å². The number of methoxy groups -OCH3 is 1. The van der Waals surface area contributed by atoms with Crippen LogP contribution in [0.25, 0.3) is 0 Å². The molecule has 0 aliphatic rings. The lowest BCUT2D eigenvalue weighted by Crippen LogP contribution is -2.05. The molecular weight excluding hydrogens is 198 g/mol. The second kappa shape index (κ2) is 4.37. The Morgan fingerprint density at radius 3 is 2.64 bits per heavy atom. The molecule has 1 aromatic rings. The molecule has 3 nitrogen and oxygen atoms in total. The molecule has 0 aliphatic carbocycles. The predicted molar refractivity (Wildman–Crippen MR) is 59.3 cm³/mol. The van der Waals surface area contributed by atoms with Crippen molar-refractivity contribution >= 4 is 24.3 Å². The van der Waals surface area contributed by atoms with Crippen LogP contribution in [0.5, 0.6) is 0 Å². The van der Waals surface area contributed by atoms with Crippen LogP contribution in [-0.4, -0.2) is 20.1 Å². The lowest BCUT2D eigenvalue weighted by Gasteiger charge is -2.09. The van der Waals surface area contributed by atoms with Crippen molar-refractivity contribution in [2.75, 3.05) is 19.5 Å². The van der Waals surface area contributed by atoms with E-state index in [-0.39, 0.29) is 5.97 Å². The summed E-state index contributed by atoms with van der Waals surface area (Å²) in [5.41, 5.74) is 2.23. The van der Waals surface area contributed by atoms with E-state index in [1.54, 1.807) is 13.1 Å². The molecule has 0 amide bonds. The summed E-state index contributed by atoms with van der Waals surface area (Å²) in [5.74, 6) is -0.338. The van der Waals surface area contributed by atoms with Gasteiger partial charge >= 0.3 is 5.97 Å². The fourth-order valence-electron chi connectivity index (χ4n) is 1.17. The summed E-state index contributed by atoms with van der Waals surface area (Å²) in [6.45, 7) is 1.84. The number of hydrogen-bond donors (Lipinski definition) is 2. The molecule has 0 radical (unpaired) electrons. The highest BCUT2D eigenvalue weighted by atomic mass is 32.1. The van der Waals surface area contributed by atoms with Crippen LogP contribution in [0.2, 0.25) is 0 Å². The Kier molecular flexibility index (Phi) is 3.41. The molecule has 1 aromatic carbocycles. The van der Waals surface area contributed by atoms with Gasteiger partial charge in [0.1, 0.15) is 0 Å². The normalized spacial score (nSPS) is 9.71. The molecule has 1 rings (SSSR count). The number of hydrogen-bond acceptors (Lipinski definition) is 4. The molecular formula is C10H13NO2S. The lowest BCUT2D eigenvalue weighted by molar-refractivity contribution is 0.0599. The minimum Gasteiger partial charge on any atom is -0.465 e. The average molecular weight is 211 g/mol. The van der Waals surface area contributed by atoms with Gasteiger partial charge in [-0.25, -0.2) is 4.79 Å². The minimum atomic E-state index is -0.338. The minimum absolute atomic E-state index is 0.338. The van der Waals surface area contributed by atoms with E-state index < -0.39 is 0 Å². The van der Waals surface area contributed by atoms with Crippen LogP contribution in [0.4, 0.5) is 5.69 Å². The number of esters is 1. The number of benzene rings is 1. The van der Waals surface area contributed by atoms with Gasteiger partial charge in [-0.15, -0.1) is 12.6 Å². The number of rotatable bonds is 2. The zero-order valence-electron chi connectivity index (χ0n) is 8.42. The summed E-state index contributed by atoms with van der Waals surface area (Å²) < 4.78 is 4.67. The second-order valence-corrected chi connectivity index (χ2v) is 3.39. The van der Waals surface area contributed by atoms with Gasteiger partial charge < -0.3 is 10.1 Å². The summed E-state index contributed by atoms with van der Waals surface area (Å²) in [6, 6.07) is 3.62. The Labute approximate surface area is 88.9 Å². The number of ether oxygens (including phenoxy) is 1. The van der Waals surface area contributed by atoms with E-state index in [4.69, 9.17) is 0 Å². The predicted octanol–water partition coefficient (Wildman–Crippen LogP) is 2.11. The summed E-state index contributed by atoms with van der Waals surface area (Å²) in [4.78, 5) is 12.1. The van der Waals surface area contributed by atoms with Gasteiger partial charge in [0.2, 0.25) is 0 Å². The summed E-state index contributed by atoms with van der Waals surface area (Å²) in [6.07, 6.45) is 0. The Bertz CT molecular complexity index is 363. The third-order valence-electron chi connectivity index (χ3n) is 2.07. The van der Waals surface area contributed by atoms with E-state index in [0.29, 0.717) is 5.56 Å². The van der Waals surface area contributed by atoms with Crippen molar-refractivity contribution < 1.29 is 9.53 Å². The van der Waals surface area contributed by atoms with Crippen molar-refractivity contribution in [2.24, 2.45) is 0 Å². The number of anilines is 1. The molecule has 0 atom stereocenters. The quantitative estimate of drug-likeness (QED) is 0.581. The van der Waals surface area contributed by atoms with Crippen molar-refractivity contribution in [1.82, 2.24) is 0 Å². The van der Waals surface area contributed by atoms with E-state index >= 15 is 0 Å². The lowest BCUT2D eigenvalue weighted by atomic mass is 10.1. The van der Waals surface area contributed by atoms with Crippen LogP contribution in [0.15, 0.2) is 17.0 Å². The van der Waals surface area contributed by atoms with Crippen LogP contribution < -0.4 is 5.32 Å². The van der Waals surface area contributed by atoms with Crippen LogP contribution in [0.3, 0.4) is 0 Å². The van der Waals surface area contributed by atoms with Gasteiger partial charge in [0.15, 0.2) is 0 Å². The van der Waals surface area contributed by atoms with Gasteiger partial charge in [-0.1, -0.05) is 0 Å². The summed E-state index contributed by atoms with van der Waals surface area (Å²) >= 11 is 4.28. The van der Waals surface area contributed by atoms with Crippen molar-refractivity contribution in [3.05, 3.63) is 23.3 Å². The molecule has 4 heteroatoms. The topological polar surface area (TPSA) is 38.3 Å². The van der Waals surface area contributed by atoms with Gasteiger partial charge in [0.25, 0.3) is 0 Å². The third-order valence-corrected chi connectivity index (χ3v) is 2.54. The van der Waals surface area contributed by atoms with Crippen LogP contribution >= 0.6 is 12.6 Å². The van der Waals surface area contributed by atoms with Crippen LogP contribution in [-0.2, 0) is 4.74 Å². The van der Waals surface area contributed by atoms with E-state index in [9.17, 15) is 4.79 Å². The van der Waals surface area contributed by atoms with Crippen molar-refractivity contribution in [1.29, 1.82) is 0 Å². The van der Waals surface area contributed by atoms with Crippen molar-refractivity contribution in [2.45, 2.75) is 11.8 Å². The van der Waals surface area contributed by atoms with Crippen molar-refractivity contribution in [3.63, 3.8) is 0 Å². The Morgan fingerprint density at radius 2 is 2.14 bits per heavy atom. The second-order valence-electron chi connectivity index (χ2n) is 2.91. The molecule has 1 N–H and O–H groups in total. The van der Waals surface area contributed by atoms with Gasteiger partial charge in [-0.3, -0.25) is 0 Å².